The molecule has 1 aliphatic carbocycles. The normalized spacial score (nSPS) is 17.6. The SMILES string of the molecule is CCCc1c(Cl)[nH]c(=O)n(CC2(SC)CCCC2)c1=O. The lowest BCUT2D eigenvalue weighted by Crippen LogP contribution is -2.43. The van der Waals surface area contributed by atoms with Gasteiger partial charge in [-0.15, -0.1) is 0 Å². The fourth-order valence-electron chi connectivity index (χ4n) is 2.93. The molecule has 1 heterocycles. The Hall–Kier alpha value is -0.680. The van der Waals surface area contributed by atoms with Crippen molar-refractivity contribution in [3.63, 3.8) is 0 Å². The van der Waals surface area contributed by atoms with Crippen molar-refractivity contribution in [3.8, 4) is 0 Å². The highest BCUT2D eigenvalue weighted by Crippen LogP contribution is 2.41. The minimum absolute atomic E-state index is 0.0220. The molecule has 4 nitrogen and oxygen atoms in total. The van der Waals surface area contributed by atoms with E-state index in [1.54, 1.807) is 11.8 Å². The van der Waals surface area contributed by atoms with Gasteiger partial charge in [0, 0.05) is 11.3 Å². The number of nitrogens with one attached hydrogen (secondary N) is 1. The summed E-state index contributed by atoms with van der Waals surface area (Å²) in [5.74, 6) is 0. The molecular weight excluding hydrogens is 296 g/mol. The summed E-state index contributed by atoms with van der Waals surface area (Å²) in [6, 6.07) is 0. The second kappa shape index (κ2) is 6.39. The van der Waals surface area contributed by atoms with Gasteiger partial charge in [0.2, 0.25) is 0 Å². The maximum atomic E-state index is 12.5. The van der Waals surface area contributed by atoms with Gasteiger partial charge in [0.05, 0.1) is 5.56 Å². The fraction of sp³-hybridized carbons (Fsp3) is 0.714. The fourth-order valence-corrected chi connectivity index (χ4v) is 4.14. The van der Waals surface area contributed by atoms with E-state index < -0.39 is 0 Å². The smallest absolute Gasteiger partial charge is 0.297 e. The number of H-pyrrole nitrogens is 1. The minimum Gasteiger partial charge on any atom is -0.297 e. The Balaban J connectivity index is 2.44. The van der Waals surface area contributed by atoms with Crippen LogP contribution in [0.15, 0.2) is 9.59 Å². The third-order valence-corrected chi connectivity index (χ3v) is 5.85. The van der Waals surface area contributed by atoms with Crippen LogP contribution < -0.4 is 11.2 Å². The van der Waals surface area contributed by atoms with E-state index in [1.807, 2.05) is 6.92 Å². The summed E-state index contributed by atoms with van der Waals surface area (Å²) in [7, 11) is 0. The maximum absolute atomic E-state index is 12.5. The van der Waals surface area contributed by atoms with Crippen molar-refractivity contribution >= 4 is 23.4 Å². The van der Waals surface area contributed by atoms with Gasteiger partial charge in [-0.1, -0.05) is 37.8 Å². The second-order valence-corrected chi connectivity index (χ2v) is 7.11. The van der Waals surface area contributed by atoms with Crippen molar-refractivity contribution in [2.75, 3.05) is 6.26 Å². The quantitative estimate of drug-likeness (QED) is 0.850. The van der Waals surface area contributed by atoms with Crippen molar-refractivity contribution in [1.82, 2.24) is 9.55 Å². The Morgan fingerprint density at radius 1 is 1.35 bits per heavy atom. The highest BCUT2D eigenvalue weighted by molar-refractivity contribution is 8.00. The molecule has 1 aliphatic rings. The molecule has 1 saturated carbocycles. The van der Waals surface area contributed by atoms with Crippen molar-refractivity contribution in [3.05, 3.63) is 31.6 Å². The Bertz CT molecular complexity index is 588. The molecule has 1 aromatic rings. The van der Waals surface area contributed by atoms with Gasteiger partial charge < -0.3 is 0 Å². The lowest BCUT2D eigenvalue weighted by atomic mass is 10.1. The number of nitrogens with zero attached hydrogens (tertiary/aromatic N) is 1. The monoisotopic (exact) mass is 316 g/mol. The van der Waals surface area contributed by atoms with Crippen LogP contribution in [-0.4, -0.2) is 20.6 Å². The maximum Gasteiger partial charge on any atom is 0.329 e. The van der Waals surface area contributed by atoms with Gasteiger partial charge in [0.1, 0.15) is 5.15 Å². The van der Waals surface area contributed by atoms with Crippen molar-refractivity contribution in [2.24, 2.45) is 0 Å². The molecule has 0 radical (unpaired) electrons. The van der Waals surface area contributed by atoms with E-state index in [4.69, 9.17) is 11.6 Å². The molecule has 1 N–H and O–H groups in total. The summed E-state index contributed by atoms with van der Waals surface area (Å²) in [4.78, 5) is 27.2. The van der Waals surface area contributed by atoms with E-state index in [0.29, 0.717) is 18.5 Å². The molecule has 0 aromatic carbocycles. The average molecular weight is 317 g/mol. The lowest BCUT2D eigenvalue weighted by molar-refractivity contribution is 0.476. The van der Waals surface area contributed by atoms with Gasteiger partial charge in [-0.05, 0) is 25.5 Å². The summed E-state index contributed by atoms with van der Waals surface area (Å²) in [6.07, 6.45) is 7.95. The van der Waals surface area contributed by atoms with E-state index in [1.165, 1.54) is 17.4 Å². The van der Waals surface area contributed by atoms with E-state index >= 15 is 0 Å². The molecule has 0 saturated heterocycles. The Labute approximate surface area is 127 Å². The summed E-state index contributed by atoms with van der Waals surface area (Å²) in [5.41, 5.74) is -0.0795. The first kappa shape index (κ1) is 15.7. The predicted octanol–water partition coefficient (Wildman–Crippen LogP) is 2.82. The van der Waals surface area contributed by atoms with E-state index in [2.05, 4.69) is 11.2 Å². The molecule has 20 heavy (non-hydrogen) atoms. The topological polar surface area (TPSA) is 54.9 Å². The first-order valence-electron chi connectivity index (χ1n) is 7.09. The van der Waals surface area contributed by atoms with Gasteiger partial charge in [0.25, 0.3) is 5.56 Å². The molecule has 2 rings (SSSR count). The van der Waals surface area contributed by atoms with Crippen LogP contribution >= 0.6 is 23.4 Å². The van der Waals surface area contributed by atoms with Crippen molar-refractivity contribution in [2.45, 2.75) is 56.7 Å². The molecule has 0 amide bonds. The third kappa shape index (κ3) is 2.98. The van der Waals surface area contributed by atoms with Crippen LogP contribution in [0.4, 0.5) is 0 Å². The number of rotatable bonds is 5. The molecular formula is C14H21ClN2O2S. The summed E-state index contributed by atoms with van der Waals surface area (Å²) < 4.78 is 1.37. The molecule has 0 atom stereocenters. The van der Waals surface area contributed by atoms with Crippen molar-refractivity contribution in [1.29, 1.82) is 0 Å². The molecule has 0 bridgehead atoms. The second-order valence-electron chi connectivity index (χ2n) is 5.46. The van der Waals surface area contributed by atoms with Gasteiger partial charge in [0.15, 0.2) is 0 Å². The number of halogens is 1. The number of thioether (sulfide) groups is 1. The highest BCUT2D eigenvalue weighted by Gasteiger charge is 2.34. The van der Waals surface area contributed by atoms with Crippen LogP contribution in [0, 0.1) is 0 Å². The van der Waals surface area contributed by atoms with Crippen LogP contribution in [0.25, 0.3) is 0 Å². The standard InChI is InChI=1S/C14H21ClN2O2S/c1-3-6-10-11(15)16-13(19)17(12(10)18)9-14(20-2)7-4-5-8-14/h3-9H2,1-2H3,(H,16,19). The molecule has 0 spiro atoms. The van der Waals surface area contributed by atoms with Crippen LogP contribution in [0.1, 0.15) is 44.6 Å². The summed E-state index contributed by atoms with van der Waals surface area (Å²) in [5, 5.41) is 0.197. The molecule has 0 aliphatic heterocycles. The zero-order valence-corrected chi connectivity index (χ0v) is 13.6. The third-order valence-electron chi connectivity index (χ3n) is 4.12. The van der Waals surface area contributed by atoms with Crippen LogP contribution in [-0.2, 0) is 13.0 Å². The first-order chi connectivity index (χ1) is 9.53. The minimum atomic E-state index is -0.389. The largest absolute Gasteiger partial charge is 0.329 e. The number of aromatic nitrogens is 2. The molecule has 1 aromatic heterocycles. The van der Waals surface area contributed by atoms with Gasteiger partial charge in [-0.25, -0.2) is 4.79 Å². The van der Waals surface area contributed by atoms with Gasteiger partial charge >= 0.3 is 5.69 Å². The Kier molecular flexibility index (Phi) is 5.02. The van der Waals surface area contributed by atoms with E-state index in [0.717, 1.165) is 19.3 Å². The lowest BCUT2D eigenvalue weighted by Gasteiger charge is -2.27. The zero-order chi connectivity index (χ0) is 14.8. The van der Waals surface area contributed by atoms with Gasteiger partial charge in [-0.2, -0.15) is 11.8 Å². The highest BCUT2D eigenvalue weighted by atomic mass is 35.5. The molecule has 6 heteroatoms. The first-order valence-corrected chi connectivity index (χ1v) is 8.70. The zero-order valence-electron chi connectivity index (χ0n) is 12.0. The molecule has 1 fully saturated rings. The van der Waals surface area contributed by atoms with Gasteiger partial charge in [-0.3, -0.25) is 14.3 Å². The Morgan fingerprint density at radius 2 is 2.00 bits per heavy atom. The van der Waals surface area contributed by atoms with E-state index in [-0.39, 0.29) is 21.1 Å². The van der Waals surface area contributed by atoms with Crippen LogP contribution in [0.3, 0.4) is 0 Å². The molecule has 0 unspecified atom stereocenters. The van der Waals surface area contributed by atoms with Crippen molar-refractivity contribution < 1.29 is 0 Å². The van der Waals surface area contributed by atoms with E-state index in [9.17, 15) is 9.59 Å². The number of hydrogen-bond acceptors (Lipinski definition) is 3. The number of aromatic amines is 1. The summed E-state index contributed by atoms with van der Waals surface area (Å²) in [6.45, 7) is 2.47. The van der Waals surface area contributed by atoms with Crippen LogP contribution in [0.5, 0.6) is 0 Å². The predicted molar refractivity (Wildman–Crippen MR) is 85.0 cm³/mol. The Morgan fingerprint density at radius 3 is 2.55 bits per heavy atom. The number of hydrogen-bond donors (Lipinski definition) is 1. The summed E-state index contributed by atoms with van der Waals surface area (Å²) >= 11 is 7.77. The average Bonchev–Trinajstić information content (AvgIpc) is 2.89. The van der Waals surface area contributed by atoms with Crippen LogP contribution in [0.2, 0.25) is 5.15 Å². The molecule has 112 valence electrons.